The molecule has 8 heteroatoms. The van der Waals surface area contributed by atoms with Crippen LogP contribution in [0.2, 0.25) is 5.02 Å². The summed E-state index contributed by atoms with van der Waals surface area (Å²) in [5.41, 5.74) is 5.76. The maximum atomic E-state index is 12.9. The van der Waals surface area contributed by atoms with Crippen molar-refractivity contribution in [1.29, 1.82) is 0 Å². The van der Waals surface area contributed by atoms with E-state index in [4.69, 9.17) is 26.6 Å². The summed E-state index contributed by atoms with van der Waals surface area (Å²) in [6, 6.07) is 3.91. The highest BCUT2D eigenvalue weighted by Gasteiger charge is 2.35. The van der Waals surface area contributed by atoms with Gasteiger partial charge in [-0.3, -0.25) is 0 Å². The first kappa shape index (κ1) is 17.0. The van der Waals surface area contributed by atoms with Gasteiger partial charge in [0.1, 0.15) is 11.6 Å². The summed E-state index contributed by atoms with van der Waals surface area (Å²) in [6.45, 7) is 0.0639. The van der Waals surface area contributed by atoms with Crippen LogP contribution in [0.5, 0.6) is 5.75 Å². The molecule has 0 radical (unpaired) electrons. The van der Waals surface area contributed by atoms with E-state index in [0.29, 0.717) is 17.5 Å². The molecule has 2 N–H and O–H groups in total. The fourth-order valence-electron chi connectivity index (χ4n) is 2.48. The second kappa shape index (κ2) is 6.81. The van der Waals surface area contributed by atoms with Crippen molar-refractivity contribution in [3.05, 3.63) is 40.8 Å². The number of hydrogen-bond acceptors (Lipinski definition) is 5. The highest BCUT2D eigenvalue weighted by Crippen LogP contribution is 2.34. The molecule has 0 atom stereocenters. The van der Waals surface area contributed by atoms with Crippen LogP contribution in [0.3, 0.4) is 0 Å². The topological polar surface area (TPSA) is 74.2 Å². The molecule has 3 rings (SSSR count). The standard InChI is InChI=1S/C14H15ClFN3O2.ClH/c15-10-7-9(16)3-4-11(10)20-8-12-18-13(19-21-12)14(17)5-1-2-6-14;/h3-4,7H,1-2,5-6,8,17H2;1H. The third-order valence-corrected chi connectivity index (χ3v) is 3.95. The highest BCUT2D eigenvalue weighted by atomic mass is 35.5. The highest BCUT2D eigenvalue weighted by molar-refractivity contribution is 6.32. The first-order chi connectivity index (χ1) is 10.1. The number of nitrogens with two attached hydrogens (primary N) is 1. The Morgan fingerprint density at radius 3 is 2.77 bits per heavy atom. The first-order valence-electron chi connectivity index (χ1n) is 6.77. The summed E-state index contributed by atoms with van der Waals surface area (Å²) < 4.78 is 23.5. The minimum Gasteiger partial charge on any atom is -0.482 e. The van der Waals surface area contributed by atoms with Gasteiger partial charge in [-0.15, -0.1) is 12.4 Å². The number of rotatable bonds is 4. The fourth-order valence-corrected chi connectivity index (χ4v) is 2.70. The molecule has 0 amide bonds. The molecule has 0 spiro atoms. The second-order valence-corrected chi connectivity index (χ2v) is 5.65. The monoisotopic (exact) mass is 347 g/mol. The summed E-state index contributed by atoms with van der Waals surface area (Å²) in [6.07, 6.45) is 3.86. The van der Waals surface area contributed by atoms with Crippen LogP contribution in [-0.4, -0.2) is 10.1 Å². The van der Waals surface area contributed by atoms with E-state index in [2.05, 4.69) is 10.1 Å². The average molecular weight is 348 g/mol. The summed E-state index contributed by atoms with van der Waals surface area (Å²) in [5, 5.41) is 4.13. The van der Waals surface area contributed by atoms with Gasteiger partial charge in [-0.1, -0.05) is 29.6 Å². The van der Waals surface area contributed by atoms with E-state index < -0.39 is 11.4 Å². The Labute approximate surface area is 138 Å². The summed E-state index contributed by atoms with van der Waals surface area (Å²) in [5.74, 6) is 0.783. The van der Waals surface area contributed by atoms with E-state index in [1.165, 1.54) is 18.2 Å². The Morgan fingerprint density at radius 2 is 2.09 bits per heavy atom. The molecule has 1 heterocycles. The van der Waals surface area contributed by atoms with Gasteiger partial charge in [0.15, 0.2) is 12.4 Å². The number of aromatic nitrogens is 2. The zero-order valence-corrected chi connectivity index (χ0v) is 13.3. The van der Waals surface area contributed by atoms with Crippen LogP contribution in [0.4, 0.5) is 4.39 Å². The lowest BCUT2D eigenvalue weighted by molar-refractivity contribution is 0.241. The molecule has 5 nitrogen and oxygen atoms in total. The minimum absolute atomic E-state index is 0. The van der Waals surface area contributed by atoms with Gasteiger partial charge in [0.05, 0.1) is 10.6 Å². The zero-order valence-electron chi connectivity index (χ0n) is 11.7. The summed E-state index contributed by atoms with van der Waals surface area (Å²) >= 11 is 5.88. The van der Waals surface area contributed by atoms with Gasteiger partial charge >= 0.3 is 0 Å². The second-order valence-electron chi connectivity index (χ2n) is 5.24. The minimum atomic E-state index is -0.491. The molecule has 2 aromatic rings. The molecule has 0 aliphatic heterocycles. The van der Waals surface area contributed by atoms with Crippen LogP contribution in [0.1, 0.15) is 37.4 Å². The van der Waals surface area contributed by atoms with Crippen molar-refractivity contribution in [2.45, 2.75) is 37.8 Å². The fraction of sp³-hybridized carbons (Fsp3) is 0.429. The Morgan fingerprint density at radius 1 is 1.36 bits per heavy atom. The van der Waals surface area contributed by atoms with Gasteiger partial charge in [-0.25, -0.2) is 4.39 Å². The lowest BCUT2D eigenvalue weighted by Crippen LogP contribution is -2.34. The van der Waals surface area contributed by atoms with E-state index in [0.717, 1.165) is 25.7 Å². The van der Waals surface area contributed by atoms with Gasteiger partial charge in [-0.2, -0.15) is 4.98 Å². The molecule has 1 aromatic carbocycles. The molecule has 120 valence electrons. The summed E-state index contributed by atoms with van der Waals surface area (Å²) in [4.78, 5) is 4.28. The van der Waals surface area contributed by atoms with Gasteiger partial charge in [0.25, 0.3) is 5.89 Å². The number of ether oxygens (including phenoxy) is 1. The quantitative estimate of drug-likeness (QED) is 0.914. The summed E-state index contributed by atoms with van der Waals surface area (Å²) in [7, 11) is 0. The molecule has 1 fully saturated rings. The molecule has 1 aliphatic carbocycles. The van der Waals surface area contributed by atoms with Gasteiger partial charge in [0, 0.05) is 0 Å². The molecule has 0 bridgehead atoms. The predicted molar refractivity (Wildman–Crippen MR) is 81.6 cm³/mol. The molecular formula is C14H16Cl2FN3O2. The van der Waals surface area contributed by atoms with Crippen molar-refractivity contribution < 1.29 is 13.7 Å². The van der Waals surface area contributed by atoms with Gasteiger partial charge in [0.2, 0.25) is 0 Å². The van der Waals surface area contributed by atoms with Crippen LogP contribution in [0.15, 0.2) is 22.7 Å². The lowest BCUT2D eigenvalue weighted by atomic mass is 9.99. The molecule has 0 saturated heterocycles. The third-order valence-electron chi connectivity index (χ3n) is 3.65. The molecular weight excluding hydrogens is 332 g/mol. The third kappa shape index (κ3) is 3.51. The van der Waals surface area contributed by atoms with Gasteiger partial charge in [-0.05, 0) is 31.0 Å². The van der Waals surface area contributed by atoms with E-state index in [9.17, 15) is 4.39 Å². The van der Waals surface area contributed by atoms with Crippen molar-refractivity contribution in [2.75, 3.05) is 0 Å². The Balaban J connectivity index is 0.00000176. The molecule has 1 aliphatic rings. The maximum absolute atomic E-state index is 12.9. The van der Waals surface area contributed by atoms with Crippen molar-refractivity contribution in [3.63, 3.8) is 0 Å². The van der Waals surface area contributed by atoms with Crippen molar-refractivity contribution >= 4 is 24.0 Å². The molecule has 1 aromatic heterocycles. The number of benzene rings is 1. The van der Waals surface area contributed by atoms with Gasteiger partial charge < -0.3 is 15.0 Å². The van der Waals surface area contributed by atoms with E-state index in [-0.39, 0.29) is 24.0 Å². The van der Waals surface area contributed by atoms with Crippen molar-refractivity contribution in [1.82, 2.24) is 10.1 Å². The van der Waals surface area contributed by atoms with Crippen molar-refractivity contribution in [3.8, 4) is 5.75 Å². The van der Waals surface area contributed by atoms with E-state index in [1.54, 1.807) is 0 Å². The Kier molecular flexibility index (Phi) is 5.26. The van der Waals surface area contributed by atoms with E-state index in [1.807, 2.05) is 0 Å². The Hall–Kier alpha value is -1.37. The Bertz CT molecular complexity index is 645. The number of halogens is 3. The first-order valence-corrected chi connectivity index (χ1v) is 7.14. The normalized spacial score (nSPS) is 16.3. The zero-order chi connectivity index (χ0) is 14.9. The lowest BCUT2D eigenvalue weighted by Gasteiger charge is -2.17. The van der Waals surface area contributed by atoms with Crippen LogP contribution in [-0.2, 0) is 12.1 Å². The average Bonchev–Trinajstić information content (AvgIpc) is 3.08. The number of hydrogen-bond donors (Lipinski definition) is 1. The number of nitrogens with zero attached hydrogens (tertiary/aromatic N) is 2. The molecule has 0 unspecified atom stereocenters. The van der Waals surface area contributed by atoms with Crippen molar-refractivity contribution in [2.24, 2.45) is 5.73 Å². The maximum Gasteiger partial charge on any atom is 0.264 e. The largest absolute Gasteiger partial charge is 0.482 e. The van der Waals surface area contributed by atoms with Crippen LogP contribution < -0.4 is 10.5 Å². The SMILES string of the molecule is Cl.NC1(c2noc(COc3ccc(F)cc3Cl)n2)CCCC1. The van der Waals surface area contributed by atoms with E-state index >= 15 is 0 Å². The predicted octanol–water partition coefficient (Wildman–Crippen LogP) is 3.59. The van der Waals surface area contributed by atoms with Crippen LogP contribution >= 0.6 is 24.0 Å². The van der Waals surface area contributed by atoms with Crippen LogP contribution in [0.25, 0.3) is 0 Å². The molecule has 22 heavy (non-hydrogen) atoms. The molecule has 1 saturated carbocycles. The smallest absolute Gasteiger partial charge is 0.264 e. The van der Waals surface area contributed by atoms with Crippen LogP contribution in [0, 0.1) is 5.82 Å².